The summed E-state index contributed by atoms with van der Waals surface area (Å²) in [5.74, 6) is -0.165. The molecule has 138 valence electrons. The molecule has 0 spiro atoms. The van der Waals surface area contributed by atoms with Gasteiger partial charge < -0.3 is 15.4 Å². The molecule has 3 aromatic rings. The zero-order valence-corrected chi connectivity index (χ0v) is 15.1. The Morgan fingerprint density at radius 3 is 2.52 bits per heavy atom. The molecule has 27 heavy (non-hydrogen) atoms. The third-order valence-corrected chi connectivity index (χ3v) is 3.91. The van der Waals surface area contributed by atoms with Crippen LogP contribution in [0.5, 0.6) is 5.75 Å². The molecule has 7 heteroatoms. The van der Waals surface area contributed by atoms with Gasteiger partial charge in [0, 0.05) is 24.0 Å². The fourth-order valence-electron chi connectivity index (χ4n) is 2.51. The molecular formula is C20H20N4O3. The number of carbonyl (C=O) groups is 2. The Bertz CT molecular complexity index is 951. The van der Waals surface area contributed by atoms with Crippen LogP contribution in [0.4, 0.5) is 11.4 Å². The first-order valence-electron chi connectivity index (χ1n) is 8.50. The molecule has 2 aromatic carbocycles. The molecule has 2 N–H and O–H groups in total. The molecule has 0 radical (unpaired) electrons. The standard InChI is InChI=1S/C20H20N4O3/c1-3-24-13-17(22-19(25)14-8-7-11-16(12-14)27-2)18(23-24)20(26)21-15-9-5-4-6-10-15/h4-13H,3H2,1-2H3,(H,21,26)(H,22,25). The highest BCUT2D eigenvalue weighted by Gasteiger charge is 2.19. The second kappa shape index (κ2) is 8.18. The van der Waals surface area contributed by atoms with E-state index in [9.17, 15) is 9.59 Å². The number of amides is 2. The molecular weight excluding hydrogens is 344 g/mol. The zero-order chi connectivity index (χ0) is 19.2. The molecule has 0 bridgehead atoms. The predicted molar refractivity (Wildman–Crippen MR) is 103 cm³/mol. The maximum absolute atomic E-state index is 12.6. The number of nitrogens with one attached hydrogen (secondary N) is 2. The molecule has 0 saturated heterocycles. The summed E-state index contributed by atoms with van der Waals surface area (Å²) in [6, 6.07) is 15.9. The van der Waals surface area contributed by atoms with E-state index in [4.69, 9.17) is 4.74 Å². The molecule has 2 amide bonds. The molecule has 1 aromatic heterocycles. The van der Waals surface area contributed by atoms with Crippen LogP contribution in [0.2, 0.25) is 0 Å². The maximum Gasteiger partial charge on any atom is 0.278 e. The summed E-state index contributed by atoms with van der Waals surface area (Å²) in [6.07, 6.45) is 1.64. The molecule has 0 fully saturated rings. The fourth-order valence-corrected chi connectivity index (χ4v) is 2.51. The number of benzene rings is 2. The lowest BCUT2D eigenvalue weighted by atomic mass is 10.2. The van der Waals surface area contributed by atoms with Gasteiger partial charge in [-0.05, 0) is 37.3 Å². The summed E-state index contributed by atoms with van der Waals surface area (Å²) in [4.78, 5) is 25.2. The van der Waals surface area contributed by atoms with Crippen LogP contribution >= 0.6 is 0 Å². The van der Waals surface area contributed by atoms with Crippen molar-refractivity contribution in [3.05, 3.63) is 72.1 Å². The van der Waals surface area contributed by atoms with E-state index >= 15 is 0 Å². The van der Waals surface area contributed by atoms with Crippen molar-refractivity contribution in [2.45, 2.75) is 13.5 Å². The largest absolute Gasteiger partial charge is 0.497 e. The van der Waals surface area contributed by atoms with Crippen LogP contribution in [0.3, 0.4) is 0 Å². The summed E-state index contributed by atoms with van der Waals surface area (Å²) >= 11 is 0. The highest BCUT2D eigenvalue weighted by Crippen LogP contribution is 2.19. The quantitative estimate of drug-likeness (QED) is 0.702. The smallest absolute Gasteiger partial charge is 0.278 e. The van der Waals surface area contributed by atoms with Crippen molar-refractivity contribution in [3.8, 4) is 5.75 Å². The molecule has 0 unspecified atom stereocenters. The minimum absolute atomic E-state index is 0.150. The number of ether oxygens (including phenoxy) is 1. The van der Waals surface area contributed by atoms with Crippen molar-refractivity contribution in [3.63, 3.8) is 0 Å². The van der Waals surface area contributed by atoms with Gasteiger partial charge in [0.05, 0.1) is 12.8 Å². The average molecular weight is 364 g/mol. The number of para-hydroxylation sites is 1. The number of hydrogen-bond donors (Lipinski definition) is 2. The van der Waals surface area contributed by atoms with Crippen molar-refractivity contribution in [2.24, 2.45) is 0 Å². The lowest BCUT2D eigenvalue weighted by molar-refractivity contribution is 0.102. The Kier molecular flexibility index (Phi) is 5.51. The zero-order valence-electron chi connectivity index (χ0n) is 15.1. The van der Waals surface area contributed by atoms with E-state index in [0.29, 0.717) is 29.2 Å². The first-order valence-corrected chi connectivity index (χ1v) is 8.50. The highest BCUT2D eigenvalue weighted by atomic mass is 16.5. The molecule has 0 atom stereocenters. The van der Waals surface area contributed by atoms with Crippen molar-refractivity contribution >= 4 is 23.2 Å². The average Bonchev–Trinajstić information content (AvgIpc) is 3.12. The van der Waals surface area contributed by atoms with Gasteiger partial charge >= 0.3 is 0 Å². The van der Waals surface area contributed by atoms with Gasteiger partial charge in [-0.3, -0.25) is 14.3 Å². The van der Waals surface area contributed by atoms with E-state index in [1.165, 1.54) is 7.11 Å². The SMILES string of the molecule is CCn1cc(NC(=O)c2cccc(OC)c2)c(C(=O)Nc2ccccc2)n1. The second-order valence-electron chi connectivity index (χ2n) is 5.75. The summed E-state index contributed by atoms with van der Waals surface area (Å²) in [5, 5.41) is 9.81. The van der Waals surface area contributed by atoms with Crippen LogP contribution in [0.15, 0.2) is 60.8 Å². The second-order valence-corrected chi connectivity index (χ2v) is 5.75. The Morgan fingerprint density at radius 2 is 1.81 bits per heavy atom. The van der Waals surface area contributed by atoms with Crippen molar-refractivity contribution < 1.29 is 14.3 Å². The van der Waals surface area contributed by atoms with Crippen molar-refractivity contribution in [1.82, 2.24) is 9.78 Å². The third kappa shape index (κ3) is 4.33. The number of rotatable bonds is 6. The van der Waals surface area contributed by atoms with E-state index in [-0.39, 0.29) is 11.6 Å². The monoisotopic (exact) mass is 364 g/mol. The Labute approximate surface area is 157 Å². The van der Waals surface area contributed by atoms with E-state index < -0.39 is 5.91 Å². The molecule has 1 heterocycles. The molecule has 0 aliphatic carbocycles. The number of carbonyl (C=O) groups excluding carboxylic acids is 2. The van der Waals surface area contributed by atoms with Gasteiger partial charge in [0.1, 0.15) is 5.75 Å². The van der Waals surface area contributed by atoms with Gasteiger partial charge in [-0.15, -0.1) is 0 Å². The van der Waals surface area contributed by atoms with Crippen LogP contribution in [-0.2, 0) is 6.54 Å². The normalized spacial score (nSPS) is 10.3. The Morgan fingerprint density at radius 1 is 1.04 bits per heavy atom. The van der Waals surface area contributed by atoms with Crippen LogP contribution in [0.1, 0.15) is 27.8 Å². The van der Waals surface area contributed by atoms with E-state index in [1.807, 2.05) is 25.1 Å². The Balaban J connectivity index is 1.83. The number of nitrogens with zero attached hydrogens (tertiary/aromatic N) is 2. The first kappa shape index (κ1) is 18.2. The van der Waals surface area contributed by atoms with Crippen LogP contribution < -0.4 is 15.4 Å². The molecule has 0 aliphatic rings. The number of aromatic nitrogens is 2. The highest BCUT2D eigenvalue weighted by molar-refractivity contribution is 6.11. The minimum atomic E-state index is -0.394. The van der Waals surface area contributed by atoms with Gasteiger partial charge in [-0.1, -0.05) is 24.3 Å². The fraction of sp³-hybridized carbons (Fsp3) is 0.150. The topological polar surface area (TPSA) is 85.2 Å². The number of methoxy groups -OCH3 is 1. The van der Waals surface area contributed by atoms with E-state index in [1.54, 1.807) is 47.3 Å². The molecule has 0 saturated carbocycles. The molecule has 7 nitrogen and oxygen atoms in total. The van der Waals surface area contributed by atoms with Gasteiger partial charge in [-0.2, -0.15) is 5.10 Å². The molecule has 3 rings (SSSR count). The van der Waals surface area contributed by atoms with Gasteiger partial charge in [0.25, 0.3) is 11.8 Å². The number of anilines is 2. The van der Waals surface area contributed by atoms with Crippen LogP contribution in [0, 0.1) is 0 Å². The Hall–Kier alpha value is -3.61. The van der Waals surface area contributed by atoms with E-state index in [0.717, 1.165) is 0 Å². The number of hydrogen-bond acceptors (Lipinski definition) is 4. The summed E-state index contributed by atoms with van der Waals surface area (Å²) in [7, 11) is 1.54. The predicted octanol–water partition coefficient (Wildman–Crippen LogP) is 3.42. The lowest BCUT2D eigenvalue weighted by Crippen LogP contribution is -2.18. The first-order chi connectivity index (χ1) is 13.1. The lowest BCUT2D eigenvalue weighted by Gasteiger charge is -2.07. The summed E-state index contributed by atoms with van der Waals surface area (Å²) < 4.78 is 6.74. The summed E-state index contributed by atoms with van der Waals surface area (Å²) in [6.45, 7) is 2.47. The van der Waals surface area contributed by atoms with Crippen LogP contribution in [-0.4, -0.2) is 28.7 Å². The minimum Gasteiger partial charge on any atom is -0.497 e. The van der Waals surface area contributed by atoms with Gasteiger partial charge in [0.15, 0.2) is 5.69 Å². The van der Waals surface area contributed by atoms with Crippen molar-refractivity contribution in [1.29, 1.82) is 0 Å². The maximum atomic E-state index is 12.6. The van der Waals surface area contributed by atoms with Gasteiger partial charge in [-0.25, -0.2) is 0 Å². The van der Waals surface area contributed by atoms with E-state index in [2.05, 4.69) is 15.7 Å². The number of aryl methyl sites for hydroxylation is 1. The van der Waals surface area contributed by atoms with Crippen LogP contribution in [0.25, 0.3) is 0 Å². The van der Waals surface area contributed by atoms with Gasteiger partial charge in [0.2, 0.25) is 0 Å². The van der Waals surface area contributed by atoms with Crippen molar-refractivity contribution in [2.75, 3.05) is 17.7 Å². The summed E-state index contributed by atoms with van der Waals surface area (Å²) in [5.41, 5.74) is 1.57. The molecule has 0 aliphatic heterocycles. The third-order valence-electron chi connectivity index (χ3n) is 3.91.